The van der Waals surface area contributed by atoms with Crippen molar-refractivity contribution in [2.75, 3.05) is 11.9 Å². The number of fused-ring (bicyclic) bond motifs is 1. The van der Waals surface area contributed by atoms with Crippen molar-refractivity contribution in [3.63, 3.8) is 0 Å². The van der Waals surface area contributed by atoms with E-state index in [1.54, 1.807) is 43.3 Å². The number of nitrogens with one attached hydrogen (secondary N) is 1. The smallest absolute Gasteiger partial charge is 0.416 e. The van der Waals surface area contributed by atoms with Gasteiger partial charge in [-0.2, -0.15) is 26.3 Å². The van der Waals surface area contributed by atoms with Gasteiger partial charge in [-0.25, -0.2) is 4.79 Å². The van der Waals surface area contributed by atoms with Crippen molar-refractivity contribution in [1.29, 1.82) is 0 Å². The Balaban J connectivity index is 1.87. The van der Waals surface area contributed by atoms with E-state index in [4.69, 9.17) is 4.74 Å². The van der Waals surface area contributed by atoms with Crippen molar-refractivity contribution >= 4 is 11.7 Å². The fraction of sp³-hybridized carbons (Fsp3) is 0.188. The Kier molecular flexibility index (Phi) is 7.68. The van der Waals surface area contributed by atoms with Crippen LogP contribution < -0.4 is 10.9 Å². The summed E-state index contributed by atoms with van der Waals surface area (Å²) in [5.74, 6) is -2.42. The molecule has 0 spiro atoms. The van der Waals surface area contributed by atoms with Crippen LogP contribution in [0.5, 0.6) is 0 Å². The fourth-order valence-corrected chi connectivity index (χ4v) is 5.31. The molecule has 5 nitrogen and oxygen atoms in total. The molecule has 0 bridgehead atoms. The first kappa shape index (κ1) is 29.7. The highest BCUT2D eigenvalue weighted by atomic mass is 19.4. The predicted molar refractivity (Wildman–Crippen MR) is 149 cm³/mol. The van der Waals surface area contributed by atoms with Gasteiger partial charge in [0, 0.05) is 11.4 Å². The molecule has 1 aromatic heterocycles. The van der Waals surface area contributed by atoms with Crippen molar-refractivity contribution in [2.24, 2.45) is 0 Å². The van der Waals surface area contributed by atoms with Gasteiger partial charge in [0.05, 0.1) is 46.2 Å². The summed E-state index contributed by atoms with van der Waals surface area (Å²) >= 11 is 0. The average molecular weight is 599 g/mol. The fourth-order valence-electron chi connectivity index (χ4n) is 5.31. The number of pyridine rings is 1. The standard InChI is InChI=1S/C32H24F6N2O3/c1-3-43-30(42)26-18(2)39-24-17-25(19-9-5-4-6-10-19)40(21-15-13-20(14-16-21)31(33,34)35)29(41)28(24)27(26)22-11-7-8-12-23(22)32(36,37)38/h4-17,27,39H,3H2,1-2H3. The molecule has 43 heavy (non-hydrogen) atoms. The first-order valence-corrected chi connectivity index (χ1v) is 13.2. The minimum absolute atomic E-state index is 0.0477. The van der Waals surface area contributed by atoms with Gasteiger partial charge in [-0.1, -0.05) is 48.5 Å². The molecule has 0 saturated heterocycles. The first-order valence-electron chi connectivity index (χ1n) is 13.2. The van der Waals surface area contributed by atoms with Crippen LogP contribution in [0.1, 0.15) is 42.0 Å². The Hall–Kier alpha value is -4.80. The topological polar surface area (TPSA) is 60.3 Å². The summed E-state index contributed by atoms with van der Waals surface area (Å²) in [7, 11) is 0. The molecule has 222 valence electrons. The van der Waals surface area contributed by atoms with E-state index >= 15 is 0 Å². The molecule has 0 saturated carbocycles. The lowest BCUT2D eigenvalue weighted by atomic mass is 9.79. The second-order valence-corrected chi connectivity index (χ2v) is 9.81. The van der Waals surface area contributed by atoms with E-state index in [-0.39, 0.29) is 46.1 Å². The molecule has 4 aromatic rings. The molecule has 0 radical (unpaired) electrons. The zero-order chi connectivity index (χ0) is 31.1. The molecular formula is C32H24F6N2O3. The average Bonchev–Trinajstić information content (AvgIpc) is 2.96. The lowest BCUT2D eigenvalue weighted by Crippen LogP contribution is -2.34. The highest BCUT2D eigenvalue weighted by Gasteiger charge is 2.42. The number of benzene rings is 3. The maximum atomic E-state index is 14.5. The molecule has 1 unspecified atom stereocenters. The normalized spacial score (nSPS) is 15.1. The third kappa shape index (κ3) is 5.54. The van der Waals surface area contributed by atoms with Gasteiger partial charge in [-0.05, 0) is 61.4 Å². The number of allylic oxidation sites excluding steroid dienone is 1. The van der Waals surface area contributed by atoms with Crippen molar-refractivity contribution in [1.82, 2.24) is 4.57 Å². The number of carbonyl (C=O) groups is 1. The number of rotatable bonds is 5. The summed E-state index contributed by atoms with van der Waals surface area (Å²) in [5.41, 5.74) is -2.34. The lowest BCUT2D eigenvalue weighted by Gasteiger charge is -2.32. The van der Waals surface area contributed by atoms with Crippen molar-refractivity contribution in [3.05, 3.63) is 129 Å². The molecule has 0 amide bonds. The van der Waals surface area contributed by atoms with Crippen LogP contribution >= 0.6 is 0 Å². The molecule has 1 atom stereocenters. The van der Waals surface area contributed by atoms with Crippen LogP contribution in [0, 0.1) is 0 Å². The number of hydrogen-bond acceptors (Lipinski definition) is 4. The zero-order valence-corrected chi connectivity index (χ0v) is 22.8. The monoisotopic (exact) mass is 598 g/mol. The molecule has 1 aliphatic rings. The Bertz CT molecular complexity index is 1770. The minimum Gasteiger partial charge on any atom is -0.463 e. The number of esters is 1. The third-order valence-electron chi connectivity index (χ3n) is 7.14. The summed E-state index contributed by atoms with van der Waals surface area (Å²) < 4.78 is 89.3. The first-order chi connectivity index (χ1) is 20.3. The van der Waals surface area contributed by atoms with Gasteiger partial charge >= 0.3 is 18.3 Å². The van der Waals surface area contributed by atoms with Crippen LogP contribution in [0.2, 0.25) is 0 Å². The van der Waals surface area contributed by atoms with Gasteiger partial charge in [0.1, 0.15) is 0 Å². The van der Waals surface area contributed by atoms with Crippen LogP contribution in [0.15, 0.2) is 101 Å². The Morgan fingerprint density at radius 3 is 2.12 bits per heavy atom. The SMILES string of the molecule is CCOC(=O)C1=C(C)Nc2cc(-c3ccccc3)n(-c3ccc(C(F)(F)F)cc3)c(=O)c2C1c1ccccc1C(F)(F)F. The second-order valence-electron chi connectivity index (χ2n) is 9.81. The van der Waals surface area contributed by atoms with Gasteiger partial charge in [-0.15, -0.1) is 0 Å². The maximum Gasteiger partial charge on any atom is 0.416 e. The summed E-state index contributed by atoms with van der Waals surface area (Å²) in [6, 6.07) is 18.6. The van der Waals surface area contributed by atoms with Crippen molar-refractivity contribution < 1.29 is 35.9 Å². The van der Waals surface area contributed by atoms with Gasteiger partial charge < -0.3 is 10.1 Å². The quantitative estimate of drug-likeness (QED) is 0.187. The van der Waals surface area contributed by atoms with Gasteiger partial charge in [-0.3, -0.25) is 9.36 Å². The summed E-state index contributed by atoms with van der Waals surface area (Å²) in [6.07, 6.45) is -9.46. The van der Waals surface area contributed by atoms with E-state index in [1.165, 1.54) is 25.1 Å². The van der Waals surface area contributed by atoms with Crippen molar-refractivity contribution in [2.45, 2.75) is 32.1 Å². The van der Waals surface area contributed by atoms with Gasteiger partial charge in [0.25, 0.3) is 5.56 Å². The van der Waals surface area contributed by atoms with E-state index in [9.17, 15) is 35.9 Å². The van der Waals surface area contributed by atoms with Crippen LogP contribution in [0.4, 0.5) is 32.0 Å². The van der Waals surface area contributed by atoms with E-state index < -0.39 is 40.9 Å². The number of carbonyl (C=O) groups excluding carboxylic acids is 1. The van der Waals surface area contributed by atoms with Crippen LogP contribution in [0.3, 0.4) is 0 Å². The van der Waals surface area contributed by atoms with Crippen LogP contribution in [-0.4, -0.2) is 17.1 Å². The molecule has 11 heteroatoms. The van der Waals surface area contributed by atoms with E-state index in [0.29, 0.717) is 5.56 Å². The number of alkyl halides is 6. The number of aromatic nitrogens is 1. The highest BCUT2D eigenvalue weighted by Crippen LogP contribution is 2.46. The number of nitrogens with zero attached hydrogens (tertiary/aromatic N) is 1. The van der Waals surface area contributed by atoms with Crippen LogP contribution in [0.25, 0.3) is 16.9 Å². The largest absolute Gasteiger partial charge is 0.463 e. The lowest BCUT2D eigenvalue weighted by molar-refractivity contribution is -0.140. The summed E-state index contributed by atoms with van der Waals surface area (Å²) in [6.45, 7) is 2.97. The number of hydrogen-bond donors (Lipinski definition) is 1. The molecule has 0 aliphatic carbocycles. The molecule has 3 aromatic carbocycles. The third-order valence-corrected chi connectivity index (χ3v) is 7.14. The maximum absolute atomic E-state index is 14.5. The van der Waals surface area contributed by atoms with E-state index in [1.807, 2.05) is 0 Å². The zero-order valence-electron chi connectivity index (χ0n) is 22.8. The molecule has 5 rings (SSSR count). The van der Waals surface area contributed by atoms with Gasteiger partial charge in [0.15, 0.2) is 0 Å². The van der Waals surface area contributed by atoms with Gasteiger partial charge in [0.2, 0.25) is 0 Å². The van der Waals surface area contributed by atoms with E-state index in [0.717, 1.165) is 34.9 Å². The van der Waals surface area contributed by atoms with E-state index in [2.05, 4.69) is 5.32 Å². The van der Waals surface area contributed by atoms with Crippen molar-refractivity contribution in [3.8, 4) is 16.9 Å². The number of ether oxygens (including phenoxy) is 1. The number of halogens is 6. The highest BCUT2D eigenvalue weighted by molar-refractivity contribution is 5.95. The molecular weight excluding hydrogens is 574 g/mol. The molecule has 1 N–H and O–H groups in total. The Morgan fingerprint density at radius 2 is 1.51 bits per heavy atom. The van der Waals surface area contributed by atoms with Crippen LogP contribution in [-0.2, 0) is 21.9 Å². The predicted octanol–water partition coefficient (Wildman–Crippen LogP) is 7.94. The Morgan fingerprint density at radius 1 is 0.884 bits per heavy atom. The Labute approximate surface area is 242 Å². The minimum atomic E-state index is -4.83. The summed E-state index contributed by atoms with van der Waals surface area (Å²) in [5, 5.41) is 3.00. The molecule has 2 heterocycles. The number of anilines is 1. The molecule has 1 aliphatic heterocycles. The summed E-state index contributed by atoms with van der Waals surface area (Å²) in [4.78, 5) is 27.7. The second kappa shape index (κ2) is 11.1. The molecule has 0 fully saturated rings.